The normalized spacial score (nSPS) is 16.2. The Morgan fingerprint density at radius 3 is 2.59 bits per heavy atom. The molecule has 2 N–H and O–H groups in total. The lowest BCUT2D eigenvalue weighted by molar-refractivity contribution is -0.110. The number of anilines is 1. The van der Waals surface area contributed by atoms with E-state index in [-0.39, 0.29) is 11.8 Å². The summed E-state index contributed by atoms with van der Waals surface area (Å²) in [6, 6.07) is 2.68. The summed E-state index contributed by atoms with van der Waals surface area (Å²) in [4.78, 5) is 33.6. The number of benzene rings is 1. The Bertz CT molecular complexity index is 1100. The van der Waals surface area contributed by atoms with Crippen LogP contribution >= 0.6 is 15.9 Å². The Hall–Kier alpha value is -2.45. The third-order valence-corrected chi connectivity index (χ3v) is 7.05. The molecule has 0 fully saturated rings. The van der Waals surface area contributed by atoms with Gasteiger partial charge < -0.3 is 20.1 Å². The zero-order valence-corrected chi connectivity index (χ0v) is 22.2. The van der Waals surface area contributed by atoms with Crippen molar-refractivity contribution in [1.29, 1.82) is 0 Å². The number of nitrogens with zero attached hydrogens (tertiary/aromatic N) is 2. The van der Waals surface area contributed by atoms with Gasteiger partial charge in [0.05, 0.1) is 16.8 Å². The number of hydrogen-bond donors (Lipinski definition) is 2. The number of H-pyrrole nitrogens is 1. The second kappa shape index (κ2) is 11.3. The molecular weight excluding hydrogens is 499 g/mol. The molecule has 0 spiro atoms. The van der Waals surface area contributed by atoms with Crippen molar-refractivity contribution in [2.24, 2.45) is 0 Å². The first-order chi connectivity index (χ1) is 16.3. The van der Waals surface area contributed by atoms with Crippen molar-refractivity contribution in [2.75, 3.05) is 38.0 Å². The van der Waals surface area contributed by atoms with Crippen LogP contribution in [0.1, 0.15) is 67.0 Å². The number of halogens is 2. The highest BCUT2D eigenvalue weighted by Crippen LogP contribution is 2.39. The third kappa shape index (κ3) is 5.13. The van der Waals surface area contributed by atoms with E-state index in [1.165, 1.54) is 12.1 Å². The van der Waals surface area contributed by atoms with E-state index in [1.54, 1.807) is 6.08 Å². The van der Waals surface area contributed by atoms with Crippen LogP contribution in [-0.2, 0) is 11.2 Å². The van der Waals surface area contributed by atoms with Gasteiger partial charge in [0.15, 0.2) is 0 Å². The molecule has 2 aliphatic rings. The van der Waals surface area contributed by atoms with Crippen molar-refractivity contribution in [3.8, 4) is 0 Å². The fourth-order valence-electron chi connectivity index (χ4n) is 4.53. The molecule has 2 aromatic rings. The number of hydrogen-bond acceptors (Lipinski definition) is 3. The fraction of sp³-hybridized carbons (Fsp3) is 0.462. The van der Waals surface area contributed by atoms with E-state index < -0.39 is 5.82 Å². The molecule has 0 unspecified atom stereocenters. The summed E-state index contributed by atoms with van der Waals surface area (Å²) in [5.41, 5.74) is 4.60. The zero-order valence-electron chi connectivity index (χ0n) is 20.6. The largest absolute Gasteiger partial charge is 0.358 e. The van der Waals surface area contributed by atoms with E-state index in [1.807, 2.05) is 25.7 Å². The van der Waals surface area contributed by atoms with Gasteiger partial charge in [-0.1, -0.05) is 27.7 Å². The first kappa shape index (κ1) is 26.2. The van der Waals surface area contributed by atoms with E-state index in [2.05, 4.69) is 45.0 Å². The van der Waals surface area contributed by atoms with E-state index in [9.17, 15) is 14.0 Å². The second-order valence-electron chi connectivity index (χ2n) is 8.26. The van der Waals surface area contributed by atoms with Crippen LogP contribution in [0.2, 0.25) is 0 Å². The third-order valence-electron chi connectivity index (χ3n) is 6.42. The molecule has 34 heavy (non-hydrogen) atoms. The van der Waals surface area contributed by atoms with Crippen LogP contribution in [0.4, 0.5) is 10.1 Å². The summed E-state index contributed by atoms with van der Waals surface area (Å²) in [6.07, 6.45) is 3.38. The van der Waals surface area contributed by atoms with Crippen molar-refractivity contribution in [2.45, 2.75) is 47.5 Å². The maximum Gasteiger partial charge on any atom is 0.256 e. The summed E-state index contributed by atoms with van der Waals surface area (Å²) >= 11 is 3.31. The summed E-state index contributed by atoms with van der Waals surface area (Å²) in [5, 5.41) is 2.79. The van der Waals surface area contributed by atoms with Gasteiger partial charge in [0.25, 0.3) is 11.8 Å². The molecule has 3 heterocycles. The maximum atomic E-state index is 14.0. The molecule has 1 aromatic carbocycles. The van der Waals surface area contributed by atoms with E-state index in [0.29, 0.717) is 39.1 Å². The van der Waals surface area contributed by atoms with E-state index in [4.69, 9.17) is 0 Å². The lowest BCUT2D eigenvalue weighted by atomic mass is 10.0. The van der Waals surface area contributed by atoms with E-state index >= 15 is 0 Å². The molecule has 0 radical (unpaired) electrons. The van der Waals surface area contributed by atoms with Crippen LogP contribution in [0.25, 0.3) is 11.6 Å². The molecule has 4 rings (SSSR count). The summed E-state index contributed by atoms with van der Waals surface area (Å²) in [5.74, 6) is -0.674. The number of aromatic nitrogens is 1. The average molecular weight is 533 g/mol. The molecule has 0 saturated heterocycles. The minimum absolute atomic E-state index is 0.0353. The quantitative estimate of drug-likeness (QED) is 0.484. The Kier molecular flexibility index (Phi) is 8.71. The highest BCUT2D eigenvalue weighted by Gasteiger charge is 2.30. The molecule has 0 aliphatic carbocycles. The van der Waals surface area contributed by atoms with Crippen molar-refractivity contribution in [3.63, 3.8) is 0 Å². The summed E-state index contributed by atoms with van der Waals surface area (Å²) in [7, 11) is 0. The second-order valence-corrected chi connectivity index (χ2v) is 9.12. The Morgan fingerprint density at radius 1 is 1.21 bits per heavy atom. The highest BCUT2D eigenvalue weighted by atomic mass is 79.9. The monoisotopic (exact) mass is 532 g/mol. The molecule has 0 atom stereocenters. The molecule has 6 nitrogen and oxygen atoms in total. The predicted octanol–water partition coefficient (Wildman–Crippen LogP) is 5.47. The Balaban J connectivity index is 0.00000158. The topological polar surface area (TPSA) is 68.4 Å². The smallest absolute Gasteiger partial charge is 0.256 e. The number of carbonyl (C=O) groups is 2. The van der Waals surface area contributed by atoms with Gasteiger partial charge in [-0.15, -0.1) is 0 Å². The molecule has 2 amide bonds. The fourth-order valence-corrected chi connectivity index (χ4v) is 5.06. The minimum atomic E-state index is -0.420. The highest BCUT2D eigenvalue weighted by molar-refractivity contribution is 9.10. The lowest BCUT2D eigenvalue weighted by Gasteiger charge is -2.25. The number of fused-ring (bicyclic) bond motifs is 2. The van der Waals surface area contributed by atoms with Crippen LogP contribution in [-0.4, -0.2) is 59.3 Å². The number of carbonyl (C=O) groups excluding carboxylic acids is 2. The van der Waals surface area contributed by atoms with Crippen LogP contribution in [0.15, 0.2) is 16.6 Å². The molecule has 0 saturated carbocycles. The van der Waals surface area contributed by atoms with Gasteiger partial charge in [0.1, 0.15) is 5.82 Å². The minimum Gasteiger partial charge on any atom is -0.358 e. The van der Waals surface area contributed by atoms with Gasteiger partial charge >= 0.3 is 0 Å². The first-order valence-electron chi connectivity index (χ1n) is 12.1. The SMILES string of the molecule is CC.CCN(CC)CCN1CCCc2[nH]c(/C=C3\C(=O)Nc4c(Br)cc(F)cc43)c(C)c2C1=O. The summed E-state index contributed by atoms with van der Waals surface area (Å²) in [6.45, 7) is 14.4. The average Bonchev–Trinajstić information content (AvgIpc) is 3.24. The van der Waals surface area contributed by atoms with Crippen LogP contribution in [0.5, 0.6) is 0 Å². The van der Waals surface area contributed by atoms with Gasteiger partial charge in [-0.3, -0.25) is 9.59 Å². The van der Waals surface area contributed by atoms with Gasteiger partial charge in [0, 0.05) is 41.1 Å². The van der Waals surface area contributed by atoms with Crippen molar-refractivity contribution < 1.29 is 14.0 Å². The Labute approximate surface area is 209 Å². The summed E-state index contributed by atoms with van der Waals surface area (Å²) < 4.78 is 14.5. The standard InChI is InChI=1S/C24H28BrFN4O2.C2H6/c1-4-29(5-2)9-10-30-8-6-7-19-21(24(30)32)14(3)20(27-19)13-17-16-11-15(26)12-18(25)22(16)28-23(17)31;1-2/h11-13,27H,4-10H2,1-3H3,(H,28,31);1-2H3/b17-13-;. The molecule has 184 valence electrons. The number of amides is 2. The number of likely N-dealkylation sites (N-methyl/N-ethyl adjacent to an activating group) is 1. The maximum absolute atomic E-state index is 14.0. The van der Waals surface area contributed by atoms with Crippen molar-refractivity contribution >= 4 is 45.1 Å². The van der Waals surface area contributed by atoms with Gasteiger partial charge in [0.2, 0.25) is 0 Å². The Morgan fingerprint density at radius 2 is 1.91 bits per heavy atom. The molecular formula is C26H34BrFN4O2. The number of rotatable bonds is 6. The number of aryl methyl sites for hydroxylation is 1. The van der Waals surface area contributed by atoms with Crippen molar-refractivity contribution in [3.05, 3.63) is 50.5 Å². The number of nitrogens with one attached hydrogen (secondary N) is 2. The van der Waals surface area contributed by atoms with Crippen LogP contribution < -0.4 is 5.32 Å². The molecule has 0 bridgehead atoms. The van der Waals surface area contributed by atoms with Gasteiger partial charge in [-0.2, -0.15) is 0 Å². The van der Waals surface area contributed by atoms with Gasteiger partial charge in [-0.25, -0.2) is 4.39 Å². The molecule has 8 heteroatoms. The van der Waals surface area contributed by atoms with Gasteiger partial charge in [-0.05, 0) is 72.6 Å². The van der Waals surface area contributed by atoms with Crippen LogP contribution in [0, 0.1) is 12.7 Å². The first-order valence-corrected chi connectivity index (χ1v) is 12.9. The van der Waals surface area contributed by atoms with Crippen LogP contribution in [0.3, 0.4) is 0 Å². The molecule has 2 aliphatic heterocycles. The predicted molar refractivity (Wildman–Crippen MR) is 139 cm³/mol. The molecule has 1 aromatic heterocycles. The van der Waals surface area contributed by atoms with E-state index in [0.717, 1.165) is 50.3 Å². The number of aromatic amines is 1. The zero-order chi connectivity index (χ0) is 25.0. The lowest BCUT2D eigenvalue weighted by Crippen LogP contribution is -2.38. The van der Waals surface area contributed by atoms with Crippen molar-refractivity contribution in [1.82, 2.24) is 14.8 Å².